The van der Waals surface area contributed by atoms with Crippen LogP contribution >= 0.6 is 0 Å². The van der Waals surface area contributed by atoms with Gasteiger partial charge in [0.25, 0.3) is 0 Å². The Morgan fingerprint density at radius 1 is 1.32 bits per heavy atom. The number of benzene rings is 1. The van der Waals surface area contributed by atoms with Gasteiger partial charge in [-0.2, -0.15) is 8.78 Å². The number of nitrogens with one attached hydrogen (secondary N) is 1. The van der Waals surface area contributed by atoms with Gasteiger partial charge in [0, 0.05) is 18.2 Å². The Bertz CT molecular complexity index is 391. The van der Waals surface area contributed by atoms with Crippen LogP contribution in [0, 0.1) is 0 Å². The number of rotatable bonds is 7. The smallest absolute Gasteiger partial charge is 0.387 e. The number of alkyl halides is 2. The monoisotopic (exact) mass is 273 g/mol. The Hall–Kier alpha value is -1.20. The molecule has 19 heavy (non-hydrogen) atoms. The van der Waals surface area contributed by atoms with Crippen molar-refractivity contribution in [3.05, 3.63) is 29.8 Å². The summed E-state index contributed by atoms with van der Waals surface area (Å²) in [5.74, 6) is 0.174. The average molecular weight is 273 g/mol. The molecule has 0 aliphatic carbocycles. The van der Waals surface area contributed by atoms with Crippen LogP contribution in [0.25, 0.3) is 0 Å². The van der Waals surface area contributed by atoms with Crippen molar-refractivity contribution < 1.29 is 18.6 Å². The molecule has 108 valence electrons. The van der Waals surface area contributed by atoms with Crippen LogP contribution in [0.5, 0.6) is 5.75 Å². The summed E-state index contributed by atoms with van der Waals surface area (Å²) in [6.45, 7) is 2.85. The summed E-state index contributed by atoms with van der Waals surface area (Å²) >= 11 is 0. The molecule has 0 aliphatic rings. The van der Waals surface area contributed by atoms with E-state index in [0.29, 0.717) is 18.5 Å². The zero-order valence-electron chi connectivity index (χ0n) is 11.5. The van der Waals surface area contributed by atoms with E-state index in [4.69, 9.17) is 0 Å². The molecule has 0 bridgehead atoms. The van der Waals surface area contributed by atoms with Gasteiger partial charge in [0.2, 0.25) is 0 Å². The van der Waals surface area contributed by atoms with Crippen molar-refractivity contribution in [2.45, 2.75) is 45.4 Å². The fraction of sp³-hybridized carbons (Fsp3) is 0.571. The fourth-order valence-corrected chi connectivity index (χ4v) is 1.82. The lowest BCUT2D eigenvalue weighted by Crippen LogP contribution is -2.36. The van der Waals surface area contributed by atoms with Crippen LogP contribution < -0.4 is 10.1 Å². The van der Waals surface area contributed by atoms with Gasteiger partial charge in [0.15, 0.2) is 0 Å². The molecule has 1 rings (SSSR count). The normalized spacial score (nSPS) is 13.6. The summed E-state index contributed by atoms with van der Waals surface area (Å²) in [5.41, 5.74) is -0.180. The van der Waals surface area contributed by atoms with Crippen molar-refractivity contribution in [2.75, 3.05) is 6.54 Å². The second-order valence-corrected chi connectivity index (χ2v) is 5.07. The minimum absolute atomic E-state index is 0.138. The number of hydrogen-bond acceptors (Lipinski definition) is 3. The third-order valence-corrected chi connectivity index (χ3v) is 2.70. The van der Waals surface area contributed by atoms with Crippen LogP contribution in [0.15, 0.2) is 24.3 Å². The molecule has 0 saturated carbocycles. The summed E-state index contributed by atoms with van der Waals surface area (Å²) in [6.07, 6.45) is 0.708. The van der Waals surface area contributed by atoms with Gasteiger partial charge in [0.05, 0.1) is 5.60 Å². The predicted molar refractivity (Wildman–Crippen MR) is 70.4 cm³/mol. The number of ether oxygens (including phenoxy) is 1. The van der Waals surface area contributed by atoms with Crippen molar-refractivity contribution in [1.82, 2.24) is 5.32 Å². The molecule has 0 saturated heterocycles. The van der Waals surface area contributed by atoms with Gasteiger partial charge >= 0.3 is 6.61 Å². The highest BCUT2D eigenvalue weighted by atomic mass is 19.3. The van der Waals surface area contributed by atoms with E-state index in [0.717, 1.165) is 0 Å². The molecule has 5 heteroatoms. The van der Waals surface area contributed by atoms with E-state index < -0.39 is 12.2 Å². The molecule has 3 nitrogen and oxygen atoms in total. The molecule has 1 unspecified atom stereocenters. The third-order valence-electron chi connectivity index (χ3n) is 2.70. The Morgan fingerprint density at radius 2 is 1.95 bits per heavy atom. The summed E-state index contributed by atoms with van der Waals surface area (Å²) in [7, 11) is 0. The van der Waals surface area contributed by atoms with E-state index in [2.05, 4.69) is 10.1 Å². The highest BCUT2D eigenvalue weighted by Gasteiger charge is 2.19. The third kappa shape index (κ3) is 5.53. The molecule has 0 spiro atoms. The van der Waals surface area contributed by atoms with Gasteiger partial charge in [-0.15, -0.1) is 0 Å². The largest absolute Gasteiger partial charge is 0.434 e. The SMILES string of the molecule is CCC(NCC(C)(C)O)c1ccccc1OC(F)F. The van der Waals surface area contributed by atoms with E-state index in [1.54, 1.807) is 32.0 Å². The highest BCUT2D eigenvalue weighted by Crippen LogP contribution is 2.28. The number of halogens is 2. The van der Waals surface area contributed by atoms with Crippen LogP contribution in [0.1, 0.15) is 38.8 Å². The first-order valence-corrected chi connectivity index (χ1v) is 6.33. The molecule has 1 atom stereocenters. The van der Waals surface area contributed by atoms with Crippen molar-refractivity contribution in [3.8, 4) is 5.75 Å². The van der Waals surface area contributed by atoms with Gasteiger partial charge in [0.1, 0.15) is 5.75 Å². The van der Waals surface area contributed by atoms with Gasteiger partial charge < -0.3 is 15.2 Å². The highest BCUT2D eigenvalue weighted by molar-refractivity contribution is 5.36. The molecule has 0 radical (unpaired) electrons. The van der Waals surface area contributed by atoms with Crippen LogP contribution in [0.3, 0.4) is 0 Å². The molecular weight excluding hydrogens is 252 g/mol. The van der Waals surface area contributed by atoms with E-state index in [9.17, 15) is 13.9 Å². The molecule has 1 aromatic rings. The van der Waals surface area contributed by atoms with Crippen molar-refractivity contribution in [2.24, 2.45) is 0 Å². The molecule has 1 aromatic carbocycles. The molecule has 0 aromatic heterocycles. The molecule has 0 amide bonds. The standard InChI is InChI=1S/C14H21F2NO2/c1-4-11(17-9-14(2,3)18)10-7-5-6-8-12(10)19-13(15)16/h5-8,11,13,17-18H,4,9H2,1-3H3. The minimum Gasteiger partial charge on any atom is -0.434 e. The summed E-state index contributed by atoms with van der Waals surface area (Å²) < 4.78 is 29.2. The molecule has 0 heterocycles. The van der Waals surface area contributed by atoms with E-state index >= 15 is 0 Å². The molecule has 0 aliphatic heterocycles. The number of para-hydroxylation sites is 1. The summed E-state index contributed by atoms with van der Waals surface area (Å²) in [4.78, 5) is 0. The quantitative estimate of drug-likeness (QED) is 0.802. The van der Waals surface area contributed by atoms with Gasteiger partial charge in [-0.1, -0.05) is 25.1 Å². The first-order chi connectivity index (χ1) is 8.83. The summed E-state index contributed by atoms with van der Waals surface area (Å²) in [5, 5.41) is 12.9. The number of aliphatic hydroxyl groups is 1. The van der Waals surface area contributed by atoms with Crippen LogP contribution in [-0.2, 0) is 0 Å². The van der Waals surface area contributed by atoms with Crippen LogP contribution in [0.2, 0.25) is 0 Å². The zero-order valence-corrected chi connectivity index (χ0v) is 11.5. The van der Waals surface area contributed by atoms with Gasteiger partial charge in [-0.3, -0.25) is 0 Å². The first kappa shape index (κ1) is 15.9. The number of hydrogen-bond donors (Lipinski definition) is 2. The van der Waals surface area contributed by atoms with Crippen molar-refractivity contribution in [1.29, 1.82) is 0 Å². The maximum atomic E-state index is 12.4. The van der Waals surface area contributed by atoms with Crippen LogP contribution in [-0.4, -0.2) is 23.9 Å². The Kier molecular flexibility index (Phi) is 5.69. The fourth-order valence-electron chi connectivity index (χ4n) is 1.82. The van der Waals surface area contributed by atoms with E-state index in [1.807, 2.05) is 6.92 Å². The maximum absolute atomic E-state index is 12.4. The second kappa shape index (κ2) is 6.82. The minimum atomic E-state index is -2.84. The lowest BCUT2D eigenvalue weighted by molar-refractivity contribution is -0.0508. The van der Waals surface area contributed by atoms with Crippen LogP contribution in [0.4, 0.5) is 8.78 Å². The molecule has 2 N–H and O–H groups in total. The molecular formula is C14H21F2NO2. The topological polar surface area (TPSA) is 41.5 Å². The Morgan fingerprint density at radius 3 is 2.47 bits per heavy atom. The average Bonchev–Trinajstić information content (AvgIpc) is 2.29. The Balaban J connectivity index is 2.85. The lowest BCUT2D eigenvalue weighted by atomic mass is 10.0. The van der Waals surface area contributed by atoms with E-state index in [1.165, 1.54) is 6.07 Å². The first-order valence-electron chi connectivity index (χ1n) is 6.33. The zero-order chi connectivity index (χ0) is 14.5. The Labute approximate surface area is 112 Å². The van der Waals surface area contributed by atoms with Gasteiger partial charge in [-0.05, 0) is 26.3 Å². The second-order valence-electron chi connectivity index (χ2n) is 5.07. The predicted octanol–water partition coefficient (Wildman–Crippen LogP) is 3.10. The maximum Gasteiger partial charge on any atom is 0.387 e. The lowest BCUT2D eigenvalue weighted by Gasteiger charge is -2.25. The van der Waals surface area contributed by atoms with Crippen molar-refractivity contribution >= 4 is 0 Å². The summed E-state index contributed by atoms with van der Waals surface area (Å²) in [6, 6.07) is 6.58. The van der Waals surface area contributed by atoms with E-state index in [-0.39, 0.29) is 11.8 Å². The van der Waals surface area contributed by atoms with Gasteiger partial charge in [-0.25, -0.2) is 0 Å². The molecule has 0 fully saturated rings. The van der Waals surface area contributed by atoms with Crippen molar-refractivity contribution in [3.63, 3.8) is 0 Å².